The zero-order chi connectivity index (χ0) is 14.3. The second kappa shape index (κ2) is 4.53. The number of nitrogens with zero attached hydrogens (tertiary/aromatic N) is 4. The van der Waals surface area contributed by atoms with Crippen molar-refractivity contribution >= 4 is 33.4 Å². The monoisotopic (exact) mass is 270 g/mol. The Morgan fingerprint density at radius 3 is 2.80 bits per heavy atom. The van der Waals surface area contributed by atoms with Gasteiger partial charge in [0.25, 0.3) is 0 Å². The molecule has 3 aromatic rings. The molecule has 1 aromatic carbocycles. The summed E-state index contributed by atoms with van der Waals surface area (Å²) in [5, 5.41) is 11.3. The van der Waals surface area contributed by atoms with Crippen LogP contribution in [0.2, 0.25) is 0 Å². The molecule has 7 heteroatoms. The fraction of sp³-hybridized carbons (Fsp3) is 0.231. The first-order valence-corrected chi connectivity index (χ1v) is 6.13. The Balaban J connectivity index is 2.25. The molecule has 3 rings (SSSR count). The molecule has 7 nitrogen and oxygen atoms in total. The number of likely N-dealkylation sites (N-methyl/N-ethyl adjacent to an activating group) is 1. The number of nitrogens with one attached hydrogen (secondary N) is 1. The number of carbonyl (C=O) groups excluding carboxylic acids is 1. The molecule has 20 heavy (non-hydrogen) atoms. The molecule has 0 amide bonds. The van der Waals surface area contributed by atoms with E-state index in [0.717, 1.165) is 0 Å². The molecule has 0 fully saturated rings. The molecule has 0 aliphatic carbocycles. The molecule has 0 radical (unpaired) electrons. The van der Waals surface area contributed by atoms with E-state index in [0.29, 0.717) is 33.2 Å². The third-order valence-corrected chi connectivity index (χ3v) is 3.12. The number of nitrogen functional groups attached to an aromatic ring is 1. The number of benzene rings is 1. The molecule has 0 bridgehead atoms. The second-order valence-corrected chi connectivity index (χ2v) is 4.90. The Bertz CT molecular complexity index is 807. The van der Waals surface area contributed by atoms with Gasteiger partial charge in [-0.15, -0.1) is 0 Å². The number of hydrogen-bond donors (Lipinski definition) is 2. The van der Waals surface area contributed by atoms with Gasteiger partial charge in [0.2, 0.25) is 0 Å². The molecule has 0 aliphatic heterocycles. The van der Waals surface area contributed by atoms with Crippen molar-refractivity contribution in [3.05, 3.63) is 23.9 Å². The summed E-state index contributed by atoms with van der Waals surface area (Å²) in [7, 11) is 3.66. The van der Waals surface area contributed by atoms with Crippen LogP contribution >= 0.6 is 0 Å². The number of rotatable bonds is 3. The first-order chi connectivity index (χ1) is 9.58. The number of hydrogen-bond acceptors (Lipinski definition) is 6. The highest BCUT2D eigenvalue weighted by Gasteiger charge is 2.16. The van der Waals surface area contributed by atoms with E-state index in [4.69, 9.17) is 5.73 Å². The van der Waals surface area contributed by atoms with Crippen LogP contribution in [0.25, 0.3) is 21.9 Å². The Labute approximate surface area is 114 Å². The van der Waals surface area contributed by atoms with Crippen LogP contribution in [-0.4, -0.2) is 51.7 Å². The predicted molar refractivity (Wildman–Crippen MR) is 76.5 cm³/mol. The lowest BCUT2D eigenvalue weighted by molar-refractivity contribution is 0.0958. The minimum absolute atomic E-state index is 0.0672. The maximum Gasteiger partial charge on any atom is 0.180 e. The van der Waals surface area contributed by atoms with Gasteiger partial charge in [-0.25, -0.2) is 0 Å². The van der Waals surface area contributed by atoms with Gasteiger partial charge in [0.15, 0.2) is 5.78 Å². The number of nitrogens with two attached hydrogens (primary N) is 1. The van der Waals surface area contributed by atoms with Crippen molar-refractivity contribution in [3.63, 3.8) is 0 Å². The molecule has 2 aromatic heterocycles. The van der Waals surface area contributed by atoms with Crippen molar-refractivity contribution in [2.75, 3.05) is 26.4 Å². The van der Waals surface area contributed by atoms with Crippen LogP contribution in [0.3, 0.4) is 0 Å². The zero-order valence-electron chi connectivity index (χ0n) is 11.2. The van der Waals surface area contributed by atoms with Gasteiger partial charge in [-0.3, -0.25) is 9.78 Å². The molecule has 0 aliphatic rings. The fourth-order valence-corrected chi connectivity index (χ4v) is 2.21. The van der Waals surface area contributed by atoms with Crippen molar-refractivity contribution < 1.29 is 4.79 Å². The van der Waals surface area contributed by atoms with Gasteiger partial charge in [0.05, 0.1) is 28.7 Å². The lowest BCUT2D eigenvalue weighted by atomic mass is 10.1. The third-order valence-electron chi connectivity index (χ3n) is 3.12. The molecule has 0 saturated heterocycles. The summed E-state index contributed by atoms with van der Waals surface area (Å²) in [6.07, 6.45) is 1.52. The van der Waals surface area contributed by atoms with Crippen molar-refractivity contribution in [3.8, 4) is 0 Å². The van der Waals surface area contributed by atoms with Gasteiger partial charge >= 0.3 is 0 Å². The molecule has 0 unspecified atom stereocenters. The largest absolute Gasteiger partial charge is 0.397 e. The van der Waals surface area contributed by atoms with E-state index in [1.807, 2.05) is 26.2 Å². The summed E-state index contributed by atoms with van der Waals surface area (Å²) >= 11 is 0. The van der Waals surface area contributed by atoms with Crippen molar-refractivity contribution in [1.82, 2.24) is 25.3 Å². The van der Waals surface area contributed by atoms with Crippen LogP contribution in [0.4, 0.5) is 5.69 Å². The first-order valence-electron chi connectivity index (χ1n) is 6.13. The summed E-state index contributed by atoms with van der Waals surface area (Å²) in [5.41, 5.74) is 9.01. The summed E-state index contributed by atoms with van der Waals surface area (Å²) in [5.74, 6) is -0.0672. The number of aromatic amines is 1. The fourth-order valence-electron chi connectivity index (χ4n) is 2.21. The zero-order valence-corrected chi connectivity index (χ0v) is 11.2. The van der Waals surface area contributed by atoms with Gasteiger partial charge in [-0.1, -0.05) is 0 Å². The van der Waals surface area contributed by atoms with E-state index in [1.54, 1.807) is 4.90 Å². The van der Waals surface area contributed by atoms with Gasteiger partial charge < -0.3 is 10.6 Å². The van der Waals surface area contributed by atoms with Gasteiger partial charge in [0.1, 0.15) is 11.0 Å². The quantitative estimate of drug-likeness (QED) is 0.684. The van der Waals surface area contributed by atoms with Crippen LogP contribution in [0.5, 0.6) is 0 Å². The molecule has 0 spiro atoms. The summed E-state index contributed by atoms with van der Waals surface area (Å²) in [6.45, 7) is 0.284. The molecular formula is C13H14N6O. The van der Waals surface area contributed by atoms with Gasteiger partial charge in [0, 0.05) is 6.20 Å². The highest BCUT2D eigenvalue weighted by molar-refractivity contribution is 6.15. The topological polar surface area (TPSA) is 101 Å². The summed E-state index contributed by atoms with van der Waals surface area (Å²) in [6, 6.07) is 3.63. The van der Waals surface area contributed by atoms with Crippen LogP contribution in [0, 0.1) is 0 Å². The summed E-state index contributed by atoms with van der Waals surface area (Å²) in [4.78, 5) is 18.3. The lowest BCUT2D eigenvalue weighted by Gasteiger charge is -2.11. The van der Waals surface area contributed by atoms with Crippen molar-refractivity contribution in [2.45, 2.75) is 0 Å². The summed E-state index contributed by atoms with van der Waals surface area (Å²) < 4.78 is 0. The number of fused-ring (bicyclic) bond motifs is 3. The molecule has 2 heterocycles. The SMILES string of the molecule is CN(C)CC(=O)c1cnc2ccc3n[nH]nc3c2c1N. The van der Waals surface area contributed by atoms with E-state index < -0.39 is 0 Å². The smallest absolute Gasteiger partial charge is 0.180 e. The maximum atomic E-state index is 12.2. The molecule has 102 valence electrons. The Morgan fingerprint density at radius 2 is 2.05 bits per heavy atom. The maximum absolute atomic E-state index is 12.2. The van der Waals surface area contributed by atoms with Crippen LogP contribution in [0.1, 0.15) is 10.4 Å². The van der Waals surface area contributed by atoms with Crippen molar-refractivity contribution in [1.29, 1.82) is 0 Å². The molecule has 0 atom stereocenters. The minimum atomic E-state index is -0.0672. The number of pyridine rings is 1. The molecule has 0 saturated carbocycles. The highest BCUT2D eigenvalue weighted by Crippen LogP contribution is 2.28. The van der Waals surface area contributed by atoms with E-state index in [2.05, 4.69) is 20.4 Å². The van der Waals surface area contributed by atoms with E-state index >= 15 is 0 Å². The number of ketones is 1. The Morgan fingerprint density at radius 1 is 1.30 bits per heavy atom. The molecular weight excluding hydrogens is 256 g/mol. The normalized spacial score (nSPS) is 11.6. The average Bonchev–Trinajstić information content (AvgIpc) is 2.85. The van der Waals surface area contributed by atoms with Crippen LogP contribution in [-0.2, 0) is 0 Å². The first kappa shape index (κ1) is 12.5. The second-order valence-electron chi connectivity index (χ2n) is 4.90. The Kier molecular flexibility index (Phi) is 2.83. The van der Waals surface area contributed by atoms with E-state index in [-0.39, 0.29) is 12.3 Å². The highest BCUT2D eigenvalue weighted by atomic mass is 16.1. The molecule has 3 N–H and O–H groups in total. The number of anilines is 1. The van der Waals surface area contributed by atoms with E-state index in [9.17, 15) is 4.79 Å². The van der Waals surface area contributed by atoms with Crippen molar-refractivity contribution in [2.24, 2.45) is 0 Å². The number of Topliss-reactive ketones (excluding diaryl/α,β-unsaturated/α-hetero) is 1. The van der Waals surface area contributed by atoms with Crippen LogP contribution < -0.4 is 5.73 Å². The lowest BCUT2D eigenvalue weighted by Crippen LogP contribution is -2.22. The average molecular weight is 270 g/mol. The Hall–Kier alpha value is -2.54. The van der Waals surface area contributed by atoms with Gasteiger partial charge in [-0.05, 0) is 26.2 Å². The number of H-pyrrole nitrogens is 1. The minimum Gasteiger partial charge on any atom is -0.397 e. The predicted octanol–water partition coefficient (Wildman–Crippen LogP) is 0.833. The van der Waals surface area contributed by atoms with Gasteiger partial charge in [-0.2, -0.15) is 15.4 Å². The third kappa shape index (κ3) is 1.88. The van der Waals surface area contributed by atoms with E-state index in [1.165, 1.54) is 6.20 Å². The number of aromatic nitrogens is 4. The standard InChI is InChI=1S/C13H14N6O/c1-19(2)6-10(20)7-5-15-8-3-4-9-13(17-18-16-9)11(8)12(7)14/h3-5H,6H2,1-2H3,(H2,14,15)(H,16,17,18). The number of carbonyl (C=O) groups is 1. The van der Waals surface area contributed by atoms with Crippen LogP contribution in [0.15, 0.2) is 18.3 Å².